The van der Waals surface area contributed by atoms with Gasteiger partial charge in [0.15, 0.2) is 9.84 Å². The first-order valence-electron chi connectivity index (χ1n) is 7.35. The fourth-order valence-corrected chi connectivity index (χ4v) is 3.21. The summed E-state index contributed by atoms with van der Waals surface area (Å²) in [5.41, 5.74) is 2.23. The number of carbonyl (C=O) groups is 1. The molecule has 5 nitrogen and oxygen atoms in total. The molecule has 0 spiro atoms. The summed E-state index contributed by atoms with van der Waals surface area (Å²) < 4.78 is 29.4. The molecule has 0 unspecified atom stereocenters. The van der Waals surface area contributed by atoms with E-state index in [-0.39, 0.29) is 23.7 Å². The summed E-state index contributed by atoms with van der Waals surface area (Å²) in [6.07, 6.45) is -0.202. The Kier molecular flexibility index (Phi) is 5.72. The van der Waals surface area contributed by atoms with Crippen LogP contribution in [0.1, 0.15) is 23.1 Å². The Morgan fingerprint density at radius 1 is 1.08 bits per heavy atom. The molecule has 0 N–H and O–H groups in total. The van der Waals surface area contributed by atoms with Crippen molar-refractivity contribution in [2.45, 2.75) is 24.8 Å². The van der Waals surface area contributed by atoms with Crippen molar-refractivity contribution in [1.29, 1.82) is 5.26 Å². The molecule has 0 saturated heterocycles. The number of nitrogens with zero attached hydrogens (tertiary/aromatic N) is 1. The summed E-state index contributed by atoms with van der Waals surface area (Å²) in [5, 5.41) is 8.71. The molecule has 24 heavy (non-hydrogen) atoms. The van der Waals surface area contributed by atoms with Gasteiger partial charge in [-0.05, 0) is 36.8 Å². The summed E-state index contributed by atoms with van der Waals surface area (Å²) in [6, 6.07) is 15.1. The minimum absolute atomic E-state index is 0.0507. The number of aryl methyl sites for hydroxylation is 1. The predicted molar refractivity (Wildman–Crippen MR) is 88.8 cm³/mol. The van der Waals surface area contributed by atoms with E-state index in [9.17, 15) is 13.2 Å². The van der Waals surface area contributed by atoms with Crippen LogP contribution in [0.15, 0.2) is 53.4 Å². The predicted octanol–water partition coefficient (Wildman–Crippen LogP) is 2.77. The average Bonchev–Trinajstić information content (AvgIpc) is 2.59. The monoisotopic (exact) mass is 343 g/mol. The van der Waals surface area contributed by atoms with Crippen molar-refractivity contribution in [3.63, 3.8) is 0 Å². The molecule has 0 bridgehead atoms. The van der Waals surface area contributed by atoms with Gasteiger partial charge in [-0.15, -0.1) is 0 Å². The molecule has 2 aromatic rings. The van der Waals surface area contributed by atoms with E-state index in [1.54, 1.807) is 36.4 Å². The number of sulfone groups is 1. The van der Waals surface area contributed by atoms with Crippen LogP contribution in [0.5, 0.6) is 0 Å². The normalized spacial score (nSPS) is 10.8. The van der Waals surface area contributed by atoms with Crippen LogP contribution in [0, 0.1) is 18.3 Å². The lowest BCUT2D eigenvalue weighted by molar-refractivity contribution is -0.144. The maximum atomic E-state index is 12.2. The molecule has 0 aliphatic carbocycles. The second kappa shape index (κ2) is 7.75. The second-order valence-electron chi connectivity index (χ2n) is 5.35. The number of hydrogen-bond acceptors (Lipinski definition) is 5. The Balaban J connectivity index is 1.86. The Morgan fingerprint density at radius 2 is 1.71 bits per heavy atom. The number of carbonyl (C=O) groups excluding carboxylic acids is 1. The quantitative estimate of drug-likeness (QED) is 0.753. The van der Waals surface area contributed by atoms with Crippen molar-refractivity contribution >= 4 is 15.8 Å². The molecular formula is C18H17NO4S. The van der Waals surface area contributed by atoms with Crippen molar-refractivity contribution in [3.05, 3.63) is 65.2 Å². The smallest absolute Gasteiger partial charge is 0.307 e. The van der Waals surface area contributed by atoms with Crippen LogP contribution in [0.3, 0.4) is 0 Å². The molecule has 2 rings (SSSR count). The third kappa shape index (κ3) is 4.93. The Hall–Kier alpha value is -2.65. The van der Waals surface area contributed by atoms with Crippen molar-refractivity contribution < 1.29 is 17.9 Å². The van der Waals surface area contributed by atoms with Crippen molar-refractivity contribution in [2.75, 3.05) is 5.75 Å². The van der Waals surface area contributed by atoms with Gasteiger partial charge in [-0.25, -0.2) is 8.42 Å². The van der Waals surface area contributed by atoms with Crippen LogP contribution in [0.25, 0.3) is 0 Å². The number of rotatable bonds is 6. The lowest BCUT2D eigenvalue weighted by Crippen LogP contribution is -2.13. The summed E-state index contributed by atoms with van der Waals surface area (Å²) >= 11 is 0. The number of hydrogen-bond donors (Lipinski definition) is 0. The fourth-order valence-electron chi connectivity index (χ4n) is 1.99. The van der Waals surface area contributed by atoms with Crippen LogP contribution in [-0.4, -0.2) is 20.1 Å². The van der Waals surface area contributed by atoms with Gasteiger partial charge in [0, 0.05) is 0 Å². The molecule has 0 aliphatic heterocycles. The highest BCUT2D eigenvalue weighted by Crippen LogP contribution is 2.13. The average molecular weight is 343 g/mol. The molecular weight excluding hydrogens is 326 g/mol. The Bertz CT molecular complexity index is 847. The molecule has 0 amide bonds. The highest BCUT2D eigenvalue weighted by atomic mass is 32.2. The van der Waals surface area contributed by atoms with Gasteiger partial charge in [0.05, 0.1) is 28.7 Å². The Labute approximate surface area is 141 Å². The van der Waals surface area contributed by atoms with Crippen LogP contribution < -0.4 is 0 Å². The highest BCUT2D eigenvalue weighted by molar-refractivity contribution is 7.91. The van der Waals surface area contributed by atoms with E-state index in [4.69, 9.17) is 10.00 Å². The highest BCUT2D eigenvalue weighted by Gasteiger charge is 2.17. The first kappa shape index (κ1) is 17.7. The van der Waals surface area contributed by atoms with Gasteiger partial charge in [-0.2, -0.15) is 5.26 Å². The van der Waals surface area contributed by atoms with Gasteiger partial charge in [0.1, 0.15) is 6.61 Å². The Morgan fingerprint density at radius 3 is 2.29 bits per heavy atom. The number of esters is 1. The number of benzene rings is 2. The molecule has 2 aromatic carbocycles. The summed E-state index contributed by atoms with van der Waals surface area (Å²) in [5.74, 6) is -0.863. The maximum Gasteiger partial charge on any atom is 0.307 e. The molecule has 0 fully saturated rings. The lowest BCUT2D eigenvalue weighted by atomic mass is 10.2. The molecule has 0 radical (unpaired) electrons. The molecule has 0 aromatic heterocycles. The zero-order valence-electron chi connectivity index (χ0n) is 13.2. The van der Waals surface area contributed by atoms with Crippen molar-refractivity contribution in [3.8, 4) is 6.07 Å². The maximum absolute atomic E-state index is 12.2. The zero-order chi connectivity index (χ0) is 17.6. The molecule has 0 saturated carbocycles. The van der Waals surface area contributed by atoms with Crippen LogP contribution in [-0.2, 0) is 26.0 Å². The third-order valence-corrected chi connectivity index (χ3v) is 5.17. The third-order valence-electron chi connectivity index (χ3n) is 3.44. The first-order chi connectivity index (χ1) is 11.4. The minimum Gasteiger partial charge on any atom is -0.461 e. The van der Waals surface area contributed by atoms with E-state index in [1.165, 1.54) is 12.1 Å². The molecule has 0 aliphatic rings. The van der Waals surface area contributed by atoms with Crippen LogP contribution >= 0.6 is 0 Å². The SMILES string of the molecule is Cc1ccc(S(=O)(=O)CCC(=O)OCc2ccc(C#N)cc2)cc1. The van der Waals surface area contributed by atoms with E-state index in [0.29, 0.717) is 5.56 Å². The zero-order valence-corrected chi connectivity index (χ0v) is 14.0. The van der Waals surface area contributed by atoms with Crippen molar-refractivity contribution in [2.24, 2.45) is 0 Å². The second-order valence-corrected chi connectivity index (χ2v) is 7.46. The number of ether oxygens (including phenoxy) is 1. The molecule has 0 heterocycles. The van der Waals surface area contributed by atoms with Gasteiger partial charge >= 0.3 is 5.97 Å². The van der Waals surface area contributed by atoms with Crippen molar-refractivity contribution in [1.82, 2.24) is 0 Å². The molecule has 6 heteroatoms. The first-order valence-corrected chi connectivity index (χ1v) is 9.00. The fraction of sp³-hybridized carbons (Fsp3) is 0.222. The largest absolute Gasteiger partial charge is 0.461 e. The van der Waals surface area contributed by atoms with Crippen LogP contribution in [0.2, 0.25) is 0 Å². The van der Waals surface area contributed by atoms with Crippen LogP contribution in [0.4, 0.5) is 0 Å². The topological polar surface area (TPSA) is 84.2 Å². The number of nitriles is 1. The van der Waals surface area contributed by atoms with E-state index < -0.39 is 15.8 Å². The molecule has 0 atom stereocenters. The minimum atomic E-state index is -3.50. The summed E-state index contributed by atoms with van der Waals surface area (Å²) in [7, 11) is -3.50. The summed E-state index contributed by atoms with van der Waals surface area (Å²) in [4.78, 5) is 11.9. The van der Waals surface area contributed by atoms with Gasteiger partial charge in [0.25, 0.3) is 0 Å². The van der Waals surface area contributed by atoms with E-state index in [1.807, 2.05) is 13.0 Å². The van der Waals surface area contributed by atoms with E-state index >= 15 is 0 Å². The standard InChI is InChI=1S/C18H17NO4S/c1-14-2-8-17(9-3-14)24(21,22)11-10-18(20)23-13-16-6-4-15(12-19)5-7-16/h2-9H,10-11,13H2,1H3. The van der Waals surface area contributed by atoms with Gasteiger partial charge < -0.3 is 4.74 Å². The molecule has 124 valence electrons. The summed E-state index contributed by atoms with van der Waals surface area (Å²) in [6.45, 7) is 1.92. The lowest BCUT2D eigenvalue weighted by Gasteiger charge is -2.06. The van der Waals surface area contributed by atoms with Gasteiger partial charge in [0.2, 0.25) is 0 Å². The van der Waals surface area contributed by atoms with Gasteiger partial charge in [-0.3, -0.25) is 4.79 Å². The van der Waals surface area contributed by atoms with E-state index in [0.717, 1.165) is 11.1 Å². The van der Waals surface area contributed by atoms with E-state index in [2.05, 4.69) is 0 Å². The van der Waals surface area contributed by atoms with Gasteiger partial charge in [-0.1, -0.05) is 29.8 Å².